The van der Waals surface area contributed by atoms with Crippen molar-refractivity contribution in [2.75, 3.05) is 6.54 Å². The van der Waals surface area contributed by atoms with Gasteiger partial charge < -0.3 is 10.6 Å². The van der Waals surface area contributed by atoms with E-state index >= 15 is 0 Å². The van der Waals surface area contributed by atoms with Crippen molar-refractivity contribution < 1.29 is 9.59 Å². The van der Waals surface area contributed by atoms with Gasteiger partial charge in [0.05, 0.1) is 0 Å². The largest absolute Gasteiger partial charge is 0.348 e. The van der Waals surface area contributed by atoms with E-state index in [2.05, 4.69) is 31.4 Å². The zero-order chi connectivity index (χ0) is 13.5. The van der Waals surface area contributed by atoms with E-state index in [4.69, 9.17) is 0 Å². The summed E-state index contributed by atoms with van der Waals surface area (Å²) in [7, 11) is 0. The minimum Gasteiger partial charge on any atom is -0.348 e. The maximum atomic E-state index is 11.7. The zero-order valence-electron chi connectivity index (χ0n) is 11.8. The Morgan fingerprint density at radius 2 is 1.83 bits per heavy atom. The summed E-state index contributed by atoms with van der Waals surface area (Å²) in [5.74, 6) is 0.0452. The standard InChI is InChI=1S/C14H26N2O2/c1-10(2)8-9-15-13(17)14(18)16-12-7-5-4-6-11(12)3/h10-12H,4-9H2,1-3H3,(H,15,17)(H,16,18)/t11-,12+/m0/s1. The highest BCUT2D eigenvalue weighted by Gasteiger charge is 2.25. The van der Waals surface area contributed by atoms with E-state index in [9.17, 15) is 9.59 Å². The molecule has 1 rings (SSSR count). The molecular formula is C14H26N2O2. The molecule has 0 aliphatic heterocycles. The van der Waals surface area contributed by atoms with Crippen molar-refractivity contribution in [1.29, 1.82) is 0 Å². The Bertz CT molecular complexity index is 290. The molecule has 0 heterocycles. The molecule has 1 saturated carbocycles. The molecule has 0 aromatic heterocycles. The number of nitrogens with one attached hydrogen (secondary N) is 2. The molecule has 2 atom stereocenters. The van der Waals surface area contributed by atoms with Gasteiger partial charge in [0.15, 0.2) is 0 Å². The minimum absolute atomic E-state index is 0.169. The first-order chi connectivity index (χ1) is 8.50. The highest BCUT2D eigenvalue weighted by molar-refractivity contribution is 6.35. The summed E-state index contributed by atoms with van der Waals surface area (Å²) in [6, 6.07) is 0.169. The van der Waals surface area contributed by atoms with Crippen LogP contribution >= 0.6 is 0 Å². The van der Waals surface area contributed by atoms with Crippen molar-refractivity contribution in [3.63, 3.8) is 0 Å². The summed E-state index contributed by atoms with van der Waals surface area (Å²) in [5, 5.41) is 5.52. The lowest BCUT2D eigenvalue weighted by molar-refractivity contribution is -0.140. The lowest BCUT2D eigenvalue weighted by Gasteiger charge is -2.29. The quantitative estimate of drug-likeness (QED) is 0.752. The zero-order valence-corrected chi connectivity index (χ0v) is 11.8. The maximum absolute atomic E-state index is 11.7. The van der Waals surface area contributed by atoms with Crippen molar-refractivity contribution in [2.45, 2.75) is 58.9 Å². The van der Waals surface area contributed by atoms with Crippen LogP contribution in [-0.4, -0.2) is 24.4 Å². The molecule has 0 radical (unpaired) electrons. The Kier molecular flexibility index (Phi) is 6.16. The van der Waals surface area contributed by atoms with E-state index in [1.165, 1.54) is 6.42 Å². The average Bonchev–Trinajstić information content (AvgIpc) is 2.31. The predicted molar refractivity (Wildman–Crippen MR) is 72.0 cm³/mol. The van der Waals surface area contributed by atoms with Crippen LogP contribution in [0, 0.1) is 11.8 Å². The van der Waals surface area contributed by atoms with Crippen LogP contribution < -0.4 is 10.6 Å². The van der Waals surface area contributed by atoms with Gasteiger partial charge in [-0.15, -0.1) is 0 Å². The summed E-state index contributed by atoms with van der Waals surface area (Å²) in [6.45, 7) is 6.90. The Balaban J connectivity index is 2.28. The Morgan fingerprint density at radius 3 is 2.44 bits per heavy atom. The third-order valence-electron chi connectivity index (χ3n) is 3.64. The van der Waals surface area contributed by atoms with Crippen molar-refractivity contribution in [1.82, 2.24) is 10.6 Å². The van der Waals surface area contributed by atoms with E-state index in [1.54, 1.807) is 0 Å². The van der Waals surface area contributed by atoms with Crippen molar-refractivity contribution in [2.24, 2.45) is 11.8 Å². The second-order valence-corrected chi connectivity index (χ2v) is 5.78. The summed E-state index contributed by atoms with van der Waals surface area (Å²) in [4.78, 5) is 23.3. The predicted octanol–water partition coefficient (Wildman–Crippen LogP) is 1.84. The fourth-order valence-corrected chi connectivity index (χ4v) is 2.32. The number of carbonyl (C=O) groups excluding carboxylic acids is 2. The van der Waals surface area contributed by atoms with Crippen LogP contribution in [0.25, 0.3) is 0 Å². The van der Waals surface area contributed by atoms with Gasteiger partial charge >= 0.3 is 11.8 Å². The first-order valence-electron chi connectivity index (χ1n) is 7.09. The molecule has 1 fully saturated rings. The van der Waals surface area contributed by atoms with Crippen LogP contribution in [0.4, 0.5) is 0 Å². The normalized spacial score (nSPS) is 23.8. The monoisotopic (exact) mass is 254 g/mol. The van der Waals surface area contributed by atoms with Crippen LogP contribution in [0.5, 0.6) is 0 Å². The number of rotatable bonds is 4. The molecule has 4 nitrogen and oxygen atoms in total. The molecule has 2 N–H and O–H groups in total. The van der Waals surface area contributed by atoms with E-state index in [1.807, 2.05) is 0 Å². The lowest BCUT2D eigenvalue weighted by Crippen LogP contribution is -2.47. The first kappa shape index (κ1) is 15.0. The van der Waals surface area contributed by atoms with Crippen LogP contribution in [0.1, 0.15) is 52.9 Å². The molecule has 0 spiro atoms. The molecule has 104 valence electrons. The Labute approximate surface area is 110 Å². The van der Waals surface area contributed by atoms with Gasteiger partial charge in [-0.3, -0.25) is 9.59 Å². The van der Waals surface area contributed by atoms with E-state index < -0.39 is 11.8 Å². The molecule has 0 saturated heterocycles. The number of hydrogen-bond donors (Lipinski definition) is 2. The molecule has 1 aliphatic carbocycles. The van der Waals surface area contributed by atoms with Crippen molar-refractivity contribution >= 4 is 11.8 Å². The van der Waals surface area contributed by atoms with Gasteiger partial charge in [0.2, 0.25) is 0 Å². The van der Waals surface area contributed by atoms with Gasteiger partial charge in [0.25, 0.3) is 0 Å². The molecule has 0 bridgehead atoms. The molecule has 0 unspecified atom stereocenters. The first-order valence-corrected chi connectivity index (χ1v) is 7.09. The molecule has 0 aromatic carbocycles. The highest BCUT2D eigenvalue weighted by atomic mass is 16.2. The van der Waals surface area contributed by atoms with E-state index in [-0.39, 0.29) is 6.04 Å². The number of hydrogen-bond acceptors (Lipinski definition) is 2. The highest BCUT2D eigenvalue weighted by Crippen LogP contribution is 2.23. The number of carbonyl (C=O) groups is 2. The minimum atomic E-state index is -0.492. The third kappa shape index (κ3) is 5.07. The molecule has 2 amide bonds. The van der Waals surface area contributed by atoms with Crippen LogP contribution in [0.2, 0.25) is 0 Å². The van der Waals surface area contributed by atoms with Crippen molar-refractivity contribution in [3.05, 3.63) is 0 Å². The SMILES string of the molecule is CC(C)CCNC(=O)C(=O)N[C@@H]1CCCC[C@@H]1C. The summed E-state index contributed by atoms with van der Waals surface area (Å²) in [5.41, 5.74) is 0. The summed E-state index contributed by atoms with van der Waals surface area (Å²) >= 11 is 0. The Morgan fingerprint density at radius 1 is 1.17 bits per heavy atom. The Hall–Kier alpha value is -1.06. The van der Waals surface area contributed by atoms with E-state index in [0.29, 0.717) is 18.4 Å². The molecule has 4 heteroatoms. The number of amides is 2. The van der Waals surface area contributed by atoms with Crippen LogP contribution in [-0.2, 0) is 9.59 Å². The third-order valence-corrected chi connectivity index (χ3v) is 3.64. The average molecular weight is 254 g/mol. The summed E-state index contributed by atoms with van der Waals surface area (Å²) in [6.07, 6.45) is 5.41. The molecule has 18 heavy (non-hydrogen) atoms. The molecule has 0 aromatic rings. The fraction of sp³-hybridized carbons (Fsp3) is 0.857. The van der Waals surface area contributed by atoms with Gasteiger partial charge in [-0.05, 0) is 31.1 Å². The van der Waals surface area contributed by atoms with Gasteiger partial charge in [-0.2, -0.15) is 0 Å². The molecular weight excluding hydrogens is 228 g/mol. The second-order valence-electron chi connectivity index (χ2n) is 5.78. The van der Waals surface area contributed by atoms with Crippen molar-refractivity contribution in [3.8, 4) is 0 Å². The van der Waals surface area contributed by atoms with Crippen LogP contribution in [0.15, 0.2) is 0 Å². The van der Waals surface area contributed by atoms with Gasteiger partial charge in [0.1, 0.15) is 0 Å². The smallest absolute Gasteiger partial charge is 0.309 e. The summed E-state index contributed by atoms with van der Waals surface area (Å²) < 4.78 is 0. The van der Waals surface area contributed by atoms with Gasteiger partial charge in [0, 0.05) is 12.6 Å². The van der Waals surface area contributed by atoms with Crippen LogP contribution in [0.3, 0.4) is 0 Å². The van der Waals surface area contributed by atoms with E-state index in [0.717, 1.165) is 25.7 Å². The van der Waals surface area contributed by atoms with Gasteiger partial charge in [-0.25, -0.2) is 0 Å². The topological polar surface area (TPSA) is 58.2 Å². The molecule has 1 aliphatic rings. The fourth-order valence-electron chi connectivity index (χ4n) is 2.32. The lowest BCUT2D eigenvalue weighted by atomic mass is 9.86. The maximum Gasteiger partial charge on any atom is 0.309 e. The van der Waals surface area contributed by atoms with Gasteiger partial charge in [-0.1, -0.05) is 33.6 Å². The second kappa shape index (κ2) is 7.39.